The van der Waals surface area contributed by atoms with E-state index in [1.807, 2.05) is 13.0 Å². The van der Waals surface area contributed by atoms with Gasteiger partial charge in [-0.1, -0.05) is 13.8 Å². The second kappa shape index (κ2) is 5.19. The maximum Gasteiger partial charge on any atom is 0.339 e. The Labute approximate surface area is 114 Å². The van der Waals surface area contributed by atoms with E-state index in [2.05, 4.69) is 24.1 Å². The summed E-state index contributed by atoms with van der Waals surface area (Å²) in [7, 11) is 0. The molecular weight excluding hydrogens is 240 g/mol. The molecule has 1 fully saturated rings. The van der Waals surface area contributed by atoms with E-state index in [1.165, 1.54) is 19.0 Å². The Morgan fingerprint density at radius 1 is 1.42 bits per heavy atom. The van der Waals surface area contributed by atoms with E-state index in [1.54, 1.807) is 0 Å². The SMILES string of the molecule is Cc1cc(NC2CCC(C)(C)CC2)c(C(=O)O)cn1. The van der Waals surface area contributed by atoms with Crippen molar-refractivity contribution in [1.82, 2.24) is 4.98 Å². The highest BCUT2D eigenvalue weighted by molar-refractivity contribution is 5.93. The first kappa shape index (κ1) is 13.8. The Bertz CT molecular complexity index is 473. The minimum Gasteiger partial charge on any atom is -0.478 e. The third-order valence-electron chi connectivity index (χ3n) is 3.97. The minimum atomic E-state index is -0.925. The molecule has 1 aromatic rings. The van der Waals surface area contributed by atoms with Crippen LogP contribution in [-0.2, 0) is 0 Å². The second-order valence-corrected chi connectivity index (χ2v) is 6.26. The van der Waals surface area contributed by atoms with Gasteiger partial charge in [0, 0.05) is 17.9 Å². The quantitative estimate of drug-likeness (QED) is 0.875. The lowest BCUT2D eigenvalue weighted by Crippen LogP contribution is -2.30. The molecule has 2 N–H and O–H groups in total. The van der Waals surface area contributed by atoms with Crippen molar-refractivity contribution in [2.75, 3.05) is 5.32 Å². The number of nitrogens with one attached hydrogen (secondary N) is 1. The maximum absolute atomic E-state index is 11.2. The predicted octanol–water partition coefficient (Wildman–Crippen LogP) is 3.47. The fourth-order valence-electron chi connectivity index (χ4n) is 2.61. The molecule has 0 unspecified atom stereocenters. The molecule has 2 rings (SSSR count). The number of hydrogen-bond acceptors (Lipinski definition) is 3. The largest absolute Gasteiger partial charge is 0.478 e. The molecule has 0 spiro atoms. The molecule has 0 saturated heterocycles. The Morgan fingerprint density at radius 2 is 2.05 bits per heavy atom. The lowest BCUT2D eigenvalue weighted by Gasteiger charge is -2.35. The van der Waals surface area contributed by atoms with Gasteiger partial charge in [0.2, 0.25) is 0 Å². The molecule has 4 heteroatoms. The van der Waals surface area contributed by atoms with Gasteiger partial charge in [-0.05, 0) is 44.1 Å². The molecule has 1 saturated carbocycles. The van der Waals surface area contributed by atoms with Crippen molar-refractivity contribution in [3.8, 4) is 0 Å². The summed E-state index contributed by atoms with van der Waals surface area (Å²) in [6.07, 6.45) is 5.97. The fourth-order valence-corrected chi connectivity index (χ4v) is 2.61. The van der Waals surface area contributed by atoms with Crippen LogP contribution in [0.15, 0.2) is 12.3 Å². The normalized spacial score (nSPS) is 19.1. The monoisotopic (exact) mass is 262 g/mol. The zero-order chi connectivity index (χ0) is 14.0. The van der Waals surface area contributed by atoms with Crippen LogP contribution in [0.4, 0.5) is 5.69 Å². The summed E-state index contributed by atoms with van der Waals surface area (Å²) in [5.74, 6) is -0.925. The molecule has 0 bridgehead atoms. The average Bonchev–Trinajstić information content (AvgIpc) is 2.31. The van der Waals surface area contributed by atoms with Crippen LogP contribution in [0.25, 0.3) is 0 Å². The van der Waals surface area contributed by atoms with Crippen LogP contribution in [0.5, 0.6) is 0 Å². The Hall–Kier alpha value is -1.58. The number of aromatic carboxylic acids is 1. The van der Waals surface area contributed by atoms with Crippen molar-refractivity contribution in [2.24, 2.45) is 5.41 Å². The van der Waals surface area contributed by atoms with Crippen LogP contribution in [-0.4, -0.2) is 22.1 Å². The fraction of sp³-hybridized carbons (Fsp3) is 0.600. The molecule has 1 aliphatic carbocycles. The summed E-state index contributed by atoms with van der Waals surface area (Å²) in [4.78, 5) is 15.3. The number of hydrogen-bond donors (Lipinski definition) is 2. The summed E-state index contributed by atoms with van der Waals surface area (Å²) >= 11 is 0. The lowest BCUT2D eigenvalue weighted by atomic mass is 9.75. The van der Waals surface area contributed by atoms with E-state index in [-0.39, 0.29) is 5.56 Å². The molecule has 0 atom stereocenters. The number of carbonyl (C=O) groups is 1. The van der Waals surface area contributed by atoms with Crippen LogP contribution in [0.2, 0.25) is 0 Å². The molecule has 0 amide bonds. The number of carboxylic acid groups (broad SMARTS) is 1. The number of carboxylic acids is 1. The lowest BCUT2D eigenvalue weighted by molar-refractivity contribution is 0.0697. The molecule has 19 heavy (non-hydrogen) atoms. The summed E-state index contributed by atoms with van der Waals surface area (Å²) in [5.41, 5.74) is 2.21. The molecule has 1 aliphatic rings. The van der Waals surface area contributed by atoms with Crippen LogP contribution in [0.3, 0.4) is 0 Å². The predicted molar refractivity (Wildman–Crippen MR) is 75.6 cm³/mol. The molecule has 0 aliphatic heterocycles. The van der Waals surface area contributed by atoms with Crippen molar-refractivity contribution >= 4 is 11.7 Å². The van der Waals surface area contributed by atoms with Gasteiger partial charge in [-0.25, -0.2) is 4.79 Å². The number of pyridine rings is 1. The molecule has 1 heterocycles. The summed E-state index contributed by atoms with van der Waals surface area (Å²) in [6.45, 7) is 6.46. The summed E-state index contributed by atoms with van der Waals surface area (Å²) in [5, 5.41) is 12.6. The van der Waals surface area contributed by atoms with Crippen LogP contribution >= 0.6 is 0 Å². The zero-order valence-corrected chi connectivity index (χ0v) is 11.9. The van der Waals surface area contributed by atoms with E-state index < -0.39 is 5.97 Å². The first-order valence-electron chi connectivity index (χ1n) is 6.84. The van der Waals surface area contributed by atoms with Gasteiger partial charge >= 0.3 is 5.97 Å². The number of nitrogens with zero attached hydrogens (tertiary/aromatic N) is 1. The van der Waals surface area contributed by atoms with Gasteiger partial charge in [-0.15, -0.1) is 0 Å². The number of rotatable bonds is 3. The van der Waals surface area contributed by atoms with E-state index in [0.717, 1.165) is 18.5 Å². The highest BCUT2D eigenvalue weighted by Gasteiger charge is 2.27. The van der Waals surface area contributed by atoms with Crippen molar-refractivity contribution < 1.29 is 9.90 Å². The van der Waals surface area contributed by atoms with Crippen molar-refractivity contribution in [1.29, 1.82) is 0 Å². The van der Waals surface area contributed by atoms with Gasteiger partial charge in [0.05, 0.1) is 5.69 Å². The first-order valence-corrected chi connectivity index (χ1v) is 6.84. The third-order valence-corrected chi connectivity index (χ3v) is 3.97. The van der Waals surface area contributed by atoms with Gasteiger partial charge in [0.15, 0.2) is 0 Å². The van der Waals surface area contributed by atoms with Gasteiger partial charge in [0.1, 0.15) is 5.56 Å². The molecule has 0 radical (unpaired) electrons. The number of aryl methyl sites for hydroxylation is 1. The highest BCUT2D eigenvalue weighted by atomic mass is 16.4. The molecule has 0 aromatic carbocycles. The second-order valence-electron chi connectivity index (χ2n) is 6.26. The smallest absolute Gasteiger partial charge is 0.339 e. The number of aromatic nitrogens is 1. The summed E-state index contributed by atoms with van der Waals surface area (Å²) in [6, 6.07) is 2.19. The molecule has 4 nitrogen and oxygen atoms in total. The zero-order valence-electron chi connectivity index (χ0n) is 11.9. The van der Waals surface area contributed by atoms with Gasteiger partial charge in [0.25, 0.3) is 0 Å². The van der Waals surface area contributed by atoms with E-state index in [9.17, 15) is 9.90 Å². The van der Waals surface area contributed by atoms with Gasteiger partial charge < -0.3 is 10.4 Å². The average molecular weight is 262 g/mol. The molecular formula is C15H22N2O2. The van der Waals surface area contributed by atoms with Gasteiger partial charge in [-0.3, -0.25) is 4.98 Å². The van der Waals surface area contributed by atoms with Crippen LogP contribution in [0.1, 0.15) is 55.6 Å². The van der Waals surface area contributed by atoms with Crippen LogP contribution < -0.4 is 5.32 Å². The highest BCUT2D eigenvalue weighted by Crippen LogP contribution is 2.36. The van der Waals surface area contributed by atoms with Crippen molar-refractivity contribution in [2.45, 2.75) is 52.5 Å². The summed E-state index contributed by atoms with van der Waals surface area (Å²) < 4.78 is 0. The van der Waals surface area contributed by atoms with Crippen LogP contribution in [0, 0.1) is 12.3 Å². The molecule has 1 aromatic heterocycles. The standard InChI is InChI=1S/C15H22N2O2/c1-10-8-13(12(9-16-10)14(18)19)17-11-4-6-15(2,3)7-5-11/h8-9,11H,4-7H2,1-3H3,(H,16,17)(H,18,19). The van der Waals surface area contributed by atoms with Gasteiger partial charge in [-0.2, -0.15) is 0 Å². The van der Waals surface area contributed by atoms with Crippen molar-refractivity contribution in [3.05, 3.63) is 23.5 Å². The number of anilines is 1. The Balaban J connectivity index is 2.11. The third kappa shape index (κ3) is 3.46. The molecule has 104 valence electrons. The van der Waals surface area contributed by atoms with E-state index >= 15 is 0 Å². The Kier molecular flexibility index (Phi) is 3.78. The minimum absolute atomic E-state index is 0.260. The van der Waals surface area contributed by atoms with E-state index in [4.69, 9.17) is 0 Å². The topological polar surface area (TPSA) is 62.2 Å². The maximum atomic E-state index is 11.2. The van der Waals surface area contributed by atoms with Crippen molar-refractivity contribution in [3.63, 3.8) is 0 Å². The first-order chi connectivity index (χ1) is 8.87. The van der Waals surface area contributed by atoms with E-state index in [0.29, 0.717) is 17.1 Å². The Morgan fingerprint density at radius 3 is 2.63 bits per heavy atom.